The van der Waals surface area contributed by atoms with E-state index in [0.717, 1.165) is 6.07 Å². The number of carbonyl (C=O) groups is 1. The molecular formula is C11H13FN2O2. The summed E-state index contributed by atoms with van der Waals surface area (Å²) in [6, 6.07) is 3.68. The molecule has 0 aliphatic heterocycles. The van der Waals surface area contributed by atoms with Gasteiger partial charge < -0.3 is 5.32 Å². The summed E-state index contributed by atoms with van der Waals surface area (Å²) in [7, 11) is 0. The van der Waals surface area contributed by atoms with Crippen LogP contribution in [0.25, 0.3) is 0 Å². The fraction of sp³-hybridized carbons (Fsp3) is 0.364. The summed E-state index contributed by atoms with van der Waals surface area (Å²) >= 11 is 0. The van der Waals surface area contributed by atoms with Crippen LogP contribution in [0.5, 0.6) is 0 Å². The van der Waals surface area contributed by atoms with Gasteiger partial charge in [0.2, 0.25) is 5.91 Å². The maximum atomic E-state index is 12.9. The average Bonchev–Trinajstić information content (AvgIpc) is 2.19. The molecule has 0 heterocycles. The van der Waals surface area contributed by atoms with Gasteiger partial charge in [0, 0.05) is 11.1 Å². The van der Waals surface area contributed by atoms with E-state index in [2.05, 4.69) is 10.5 Å². The standard InChI is InChI=1S/C11H13FN2O2/c1-11(2,3)10(15)13-7-4-5-8(12)9(6-7)14-16/h4-6H,1-3H3,(H,13,15). The fourth-order valence-corrected chi connectivity index (χ4v) is 0.979. The largest absolute Gasteiger partial charge is 0.326 e. The molecule has 86 valence electrons. The van der Waals surface area contributed by atoms with Crippen LogP contribution >= 0.6 is 0 Å². The number of rotatable bonds is 2. The van der Waals surface area contributed by atoms with E-state index >= 15 is 0 Å². The van der Waals surface area contributed by atoms with Crippen LogP contribution in [0, 0.1) is 16.1 Å². The Morgan fingerprint density at radius 3 is 2.50 bits per heavy atom. The first-order valence-corrected chi connectivity index (χ1v) is 4.79. The number of nitroso groups, excluding NO2 is 1. The Morgan fingerprint density at radius 1 is 1.38 bits per heavy atom. The highest BCUT2D eigenvalue weighted by Gasteiger charge is 2.21. The minimum atomic E-state index is -0.705. The molecule has 0 radical (unpaired) electrons. The molecule has 0 aliphatic carbocycles. The average molecular weight is 224 g/mol. The minimum Gasteiger partial charge on any atom is -0.326 e. The van der Waals surface area contributed by atoms with Crippen LogP contribution in [0.1, 0.15) is 20.8 Å². The van der Waals surface area contributed by atoms with Crippen molar-refractivity contribution in [1.82, 2.24) is 0 Å². The van der Waals surface area contributed by atoms with Gasteiger partial charge in [-0.3, -0.25) is 4.79 Å². The Morgan fingerprint density at radius 2 is 2.00 bits per heavy atom. The maximum absolute atomic E-state index is 12.9. The van der Waals surface area contributed by atoms with Crippen LogP contribution in [0.2, 0.25) is 0 Å². The molecule has 0 aromatic heterocycles. The lowest BCUT2D eigenvalue weighted by atomic mass is 9.95. The molecule has 0 fully saturated rings. The summed E-state index contributed by atoms with van der Waals surface area (Å²) in [5.41, 5.74) is -0.508. The molecule has 0 bridgehead atoms. The van der Waals surface area contributed by atoms with E-state index in [9.17, 15) is 14.1 Å². The Hall–Kier alpha value is -1.78. The number of hydrogen-bond acceptors (Lipinski definition) is 3. The van der Waals surface area contributed by atoms with E-state index in [4.69, 9.17) is 0 Å². The van der Waals surface area contributed by atoms with Gasteiger partial charge in [-0.15, -0.1) is 4.91 Å². The number of anilines is 1. The van der Waals surface area contributed by atoms with Crippen molar-refractivity contribution < 1.29 is 9.18 Å². The highest BCUT2D eigenvalue weighted by atomic mass is 19.1. The Bertz CT molecular complexity index is 424. The number of hydrogen-bond donors (Lipinski definition) is 1. The van der Waals surface area contributed by atoms with Crippen molar-refractivity contribution in [1.29, 1.82) is 0 Å². The summed E-state index contributed by atoms with van der Waals surface area (Å²) in [6.07, 6.45) is 0. The van der Waals surface area contributed by atoms with Gasteiger partial charge >= 0.3 is 0 Å². The second-order valence-corrected chi connectivity index (χ2v) is 4.46. The van der Waals surface area contributed by atoms with Gasteiger partial charge in [-0.05, 0) is 23.4 Å². The fourth-order valence-electron chi connectivity index (χ4n) is 0.979. The second-order valence-electron chi connectivity index (χ2n) is 4.46. The molecule has 0 unspecified atom stereocenters. The number of carbonyl (C=O) groups excluding carboxylic acids is 1. The first kappa shape index (κ1) is 12.3. The highest BCUT2D eigenvalue weighted by Crippen LogP contribution is 2.23. The third-order valence-electron chi connectivity index (χ3n) is 1.98. The van der Waals surface area contributed by atoms with Crippen molar-refractivity contribution in [2.45, 2.75) is 20.8 Å². The van der Waals surface area contributed by atoms with E-state index in [-0.39, 0.29) is 11.6 Å². The number of nitrogens with one attached hydrogen (secondary N) is 1. The summed E-state index contributed by atoms with van der Waals surface area (Å²) in [5, 5.41) is 5.10. The molecule has 1 rings (SSSR count). The molecule has 0 saturated heterocycles. The molecule has 1 aromatic rings. The van der Waals surface area contributed by atoms with Gasteiger partial charge in [0.1, 0.15) is 5.69 Å². The van der Waals surface area contributed by atoms with Gasteiger partial charge in [-0.1, -0.05) is 20.8 Å². The molecular weight excluding hydrogens is 211 g/mol. The van der Waals surface area contributed by atoms with Gasteiger partial charge in [0.05, 0.1) is 0 Å². The summed E-state index contributed by atoms with van der Waals surface area (Å²) in [6.45, 7) is 5.26. The Labute approximate surface area is 92.8 Å². The normalized spacial score (nSPS) is 11.0. The van der Waals surface area contributed by atoms with Gasteiger partial charge in [-0.25, -0.2) is 4.39 Å². The maximum Gasteiger partial charge on any atom is 0.229 e. The van der Waals surface area contributed by atoms with Gasteiger partial charge in [0.15, 0.2) is 5.82 Å². The van der Waals surface area contributed by atoms with Crippen molar-refractivity contribution >= 4 is 17.3 Å². The van der Waals surface area contributed by atoms with Crippen molar-refractivity contribution in [2.75, 3.05) is 5.32 Å². The first-order valence-electron chi connectivity index (χ1n) is 4.79. The van der Waals surface area contributed by atoms with E-state index in [0.29, 0.717) is 5.69 Å². The number of halogens is 1. The Kier molecular flexibility index (Phi) is 3.37. The third kappa shape index (κ3) is 2.85. The Balaban J connectivity index is 2.91. The van der Waals surface area contributed by atoms with Crippen LogP contribution in [0.4, 0.5) is 15.8 Å². The summed E-state index contributed by atoms with van der Waals surface area (Å²) in [5.74, 6) is -0.917. The lowest BCUT2D eigenvalue weighted by Gasteiger charge is -2.17. The molecule has 0 aliphatic rings. The number of benzene rings is 1. The van der Waals surface area contributed by atoms with Crippen LogP contribution in [0.3, 0.4) is 0 Å². The minimum absolute atomic E-state index is 0.212. The lowest BCUT2D eigenvalue weighted by molar-refractivity contribution is -0.123. The summed E-state index contributed by atoms with van der Waals surface area (Å²) < 4.78 is 12.9. The molecule has 5 heteroatoms. The zero-order chi connectivity index (χ0) is 12.3. The van der Waals surface area contributed by atoms with Gasteiger partial charge in [0.25, 0.3) is 0 Å². The van der Waals surface area contributed by atoms with Crippen LogP contribution in [-0.2, 0) is 4.79 Å². The van der Waals surface area contributed by atoms with E-state index in [1.54, 1.807) is 20.8 Å². The predicted octanol–water partition coefficient (Wildman–Crippen LogP) is 3.21. The molecule has 16 heavy (non-hydrogen) atoms. The molecule has 0 atom stereocenters. The smallest absolute Gasteiger partial charge is 0.229 e. The van der Waals surface area contributed by atoms with E-state index < -0.39 is 11.2 Å². The molecule has 1 N–H and O–H groups in total. The first-order chi connectivity index (χ1) is 7.34. The highest BCUT2D eigenvalue weighted by molar-refractivity contribution is 5.94. The topological polar surface area (TPSA) is 58.5 Å². The van der Waals surface area contributed by atoms with Crippen molar-refractivity contribution in [3.8, 4) is 0 Å². The van der Waals surface area contributed by atoms with Crippen molar-refractivity contribution in [3.05, 3.63) is 28.9 Å². The predicted molar refractivity (Wildman–Crippen MR) is 59.9 cm³/mol. The zero-order valence-electron chi connectivity index (χ0n) is 9.37. The third-order valence-corrected chi connectivity index (χ3v) is 1.98. The van der Waals surface area contributed by atoms with Crippen molar-refractivity contribution in [3.63, 3.8) is 0 Å². The number of amides is 1. The molecule has 4 nitrogen and oxygen atoms in total. The second kappa shape index (κ2) is 4.38. The van der Waals surface area contributed by atoms with Crippen LogP contribution in [-0.4, -0.2) is 5.91 Å². The van der Waals surface area contributed by atoms with E-state index in [1.165, 1.54) is 12.1 Å². The van der Waals surface area contributed by atoms with E-state index in [1.807, 2.05) is 0 Å². The SMILES string of the molecule is CC(C)(C)C(=O)Nc1ccc(F)c(N=O)c1. The lowest BCUT2D eigenvalue weighted by Crippen LogP contribution is -2.27. The molecule has 0 spiro atoms. The molecule has 0 saturated carbocycles. The molecule has 1 aromatic carbocycles. The number of nitrogens with zero attached hydrogens (tertiary/aromatic N) is 1. The van der Waals surface area contributed by atoms with Crippen LogP contribution in [0.15, 0.2) is 23.4 Å². The van der Waals surface area contributed by atoms with Crippen LogP contribution < -0.4 is 5.32 Å². The van der Waals surface area contributed by atoms with Crippen molar-refractivity contribution in [2.24, 2.45) is 10.6 Å². The monoisotopic (exact) mass is 224 g/mol. The summed E-state index contributed by atoms with van der Waals surface area (Å²) in [4.78, 5) is 21.9. The quantitative estimate of drug-likeness (QED) is 0.784. The zero-order valence-corrected chi connectivity index (χ0v) is 9.37. The van der Waals surface area contributed by atoms with Gasteiger partial charge in [-0.2, -0.15) is 0 Å². The molecule has 1 amide bonds.